The van der Waals surface area contributed by atoms with E-state index >= 15 is 0 Å². The van der Waals surface area contributed by atoms with Crippen LogP contribution in [0.1, 0.15) is 0 Å². The van der Waals surface area contributed by atoms with Gasteiger partial charge < -0.3 is 0 Å². The lowest BCUT2D eigenvalue weighted by molar-refractivity contribution is 1.07. The maximum Gasteiger partial charge on any atom is 0.164 e. The number of hydrogen-bond donors (Lipinski definition) is 0. The second-order valence-electron chi connectivity index (χ2n) is 34.4. The van der Waals surface area contributed by atoms with E-state index in [1.807, 2.05) is 67.1 Å². The smallest absolute Gasteiger partial charge is 0.164 e. The van der Waals surface area contributed by atoms with Gasteiger partial charge in [-0.05, 0) is 267 Å². The maximum atomic E-state index is 5.46. The molecule has 24 rings (SSSR count). The first-order chi connectivity index (χ1) is 67.2. The molecular formula is C126H80N10. The van der Waals surface area contributed by atoms with Crippen LogP contribution in [0, 0.1) is 0 Å². The summed E-state index contributed by atoms with van der Waals surface area (Å²) in [6.45, 7) is 0. The highest BCUT2D eigenvalue weighted by Gasteiger charge is 2.22. The van der Waals surface area contributed by atoms with Crippen molar-refractivity contribution in [1.82, 2.24) is 49.8 Å². The summed E-state index contributed by atoms with van der Waals surface area (Å²) in [5, 5.41) is 4.26. The Morgan fingerprint density at radius 3 is 0.691 bits per heavy atom. The van der Waals surface area contributed by atoms with E-state index in [1.165, 1.54) is 0 Å². The number of rotatable bonds is 19. The largest absolute Gasteiger partial charge is 0.256 e. The number of aromatic nitrogens is 10. The molecule has 10 heteroatoms. The molecule has 0 bridgehead atoms. The monoisotopic (exact) mass is 1730 g/mol. The molecule has 6 heterocycles. The van der Waals surface area contributed by atoms with Gasteiger partial charge >= 0.3 is 0 Å². The fourth-order valence-electron chi connectivity index (χ4n) is 18.4. The van der Waals surface area contributed by atoms with Crippen LogP contribution in [-0.2, 0) is 0 Å². The molecule has 0 amide bonds. The average molecular weight is 1730 g/mol. The first-order valence-corrected chi connectivity index (χ1v) is 45.6. The van der Waals surface area contributed by atoms with Crippen molar-refractivity contribution in [3.63, 3.8) is 0 Å². The first-order valence-electron chi connectivity index (χ1n) is 45.6. The Kier molecular flexibility index (Phi) is 21.1. The van der Waals surface area contributed by atoms with Crippen LogP contribution in [0.5, 0.6) is 0 Å². The molecule has 136 heavy (non-hydrogen) atoms. The highest BCUT2D eigenvalue weighted by Crippen LogP contribution is 2.43. The van der Waals surface area contributed by atoms with Crippen molar-refractivity contribution in [3.05, 3.63) is 486 Å². The topological polar surface area (TPSA) is 129 Å². The van der Waals surface area contributed by atoms with Crippen LogP contribution in [-0.4, -0.2) is 49.8 Å². The number of nitrogens with zero attached hydrogens (tertiary/aromatic N) is 10. The van der Waals surface area contributed by atoms with Gasteiger partial charge in [-0.3, -0.25) is 15.0 Å². The van der Waals surface area contributed by atoms with Crippen molar-refractivity contribution in [2.75, 3.05) is 0 Å². The van der Waals surface area contributed by atoms with Crippen LogP contribution >= 0.6 is 0 Å². The molecule has 0 unspecified atom stereocenters. The average Bonchev–Trinajstić information content (AvgIpc) is 0.778. The molecule has 0 saturated carbocycles. The zero-order valence-corrected chi connectivity index (χ0v) is 73.7. The molecule has 10 nitrogen and oxygen atoms in total. The Balaban J connectivity index is 0.528. The maximum absolute atomic E-state index is 5.46. The second-order valence-corrected chi connectivity index (χ2v) is 34.4. The summed E-state index contributed by atoms with van der Waals surface area (Å²) in [4.78, 5) is 51.8. The first kappa shape index (κ1) is 80.9. The Hall–Kier alpha value is -18.4. The van der Waals surface area contributed by atoms with Crippen LogP contribution in [0.4, 0.5) is 0 Å². The van der Waals surface area contributed by atoms with Gasteiger partial charge in [-0.15, -0.1) is 0 Å². The van der Waals surface area contributed by atoms with Crippen molar-refractivity contribution in [3.8, 4) is 213 Å². The quantitative estimate of drug-likeness (QED) is 0.0772. The lowest BCUT2D eigenvalue weighted by Gasteiger charge is -2.14. The molecular weight excluding hydrogens is 1650 g/mol. The Morgan fingerprint density at radius 2 is 0.338 bits per heavy atom. The third-order valence-corrected chi connectivity index (χ3v) is 25.6. The molecule has 0 spiro atoms. The highest BCUT2D eigenvalue weighted by atomic mass is 15.0. The van der Waals surface area contributed by atoms with E-state index in [4.69, 9.17) is 39.9 Å². The summed E-state index contributed by atoms with van der Waals surface area (Å²) >= 11 is 0. The summed E-state index contributed by atoms with van der Waals surface area (Å²) in [6.07, 6.45) is 5.63. The zero-order valence-electron chi connectivity index (χ0n) is 73.7. The van der Waals surface area contributed by atoms with Gasteiger partial charge in [0.25, 0.3) is 0 Å². The van der Waals surface area contributed by atoms with E-state index in [-0.39, 0.29) is 0 Å². The molecule has 6 aromatic heterocycles. The molecule has 0 aliphatic rings. The third kappa shape index (κ3) is 16.7. The minimum Gasteiger partial charge on any atom is -0.256 e. The zero-order chi connectivity index (χ0) is 90.2. The predicted octanol–water partition coefficient (Wildman–Crippen LogP) is 31.9. The van der Waals surface area contributed by atoms with Crippen molar-refractivity contribution in [2.45, 2.75) is 0 Å². The van der Waals surface area contributed by atoms with Crippen LogP contribution in [0.3, 0.4) is 0 Å². The van der Waals surface area contributed by atoms with Gasteiger partial charge in [-0.1, -0.05) is 334 Å². The van der Waals surface area contributed by atoms with Crippen molar-refractivity contribution in [2.24, 2.45) is 0 Å². The van der Waals surface area contributed by atoms with Gasteiger partial charge in [-0.25, -0.2) is 34.9 Å². The Labute approximate surface area is 786 Å². The van der Waals surface area contributed by atoms with Crippen LogP contribution in [0.25, 0.3) is 257 Å². The summed E-state index contributed by atoms with van der Waals surface area (Å²) in [5.41, 5.74) is 36.5. The minimum atomic E-state index is 0.560. The van der Waals surface area contributed by atoms with Crippen molar-refractivity contribution < 1.29 is 0 Å². The van der Waals surface area contributed by atoms with Gasteiger partial charge in [0.2, 0.25) is 0 Å². The molecule has 634 valence electrons. The van der Waals surface area contributed by atoms with E-state index in [9.17, 15) is 0 Å². The van der Waals surface area contributed by atoms with Crippen LogP contribution in [0.15, 0.2) is 486 Å². The van der Waals surface area contributed by atoms with Crippen LogP contribution < -0.4 is 0 Å². The molecule has 0 atom stereocenters. The van der Waals surface area contributed by atoms with Gasteiger partial charge in [0.1, 0.15) is 0 Å². The van der Waals surface area contributed by atoms with E-state index < -0.39 is 0 Å². The summed E-state index contributed by atoms with van der Waals surface area (Å²) < 4.78 is 0. The Morgan fingerprint density at radius 1 is 0.110 bits per heavy atom. The second kappa shape index (κ2) is 35.5. The fraction of sp³-hybridized carbons (Fsp3) is 0. The number of hydrogen-bond acceptors (Lipinski definition) is 10. The normalized spacial score (nSPS) is 11.4. The molecule has 0 aliphatic heterocycles. The van der Waals surface area contributed by atoms with Crippen molar-refractivity contribution in [1.29, 1.82) is 0 Å². The molecule has 0 N–H and O–H groups in total. The van der Waals surface area contributed by atoms with Crippen molar-refractivity contribution >= 4 is 43.6 Å². The standard InChI is InChI=1S/C126H80N10/c1-7-21-81(22-8-1)103-66-104(82-23-9-2-10-24-82)71-111(70-103)123-131-121(94-29-15-5-16-30-94)133-125(135-123)113-74-107(89-43-35-85(36-44-89)96-55-58-116-100(63-96)34-20-61-127-116)68-108(75-113)90-45-37-86(38-46-90)97-56-59-117-101(64-97)57-60-118(130-117)115-65-102-54-53-99(79-120(102)129-80-115)88-41-49-92(50-42-88)110-69-109(91-47-39-87(40-48-91)98-52-51-93-33-19-62-128-119(93)78-98)76-114(77-110)126-134-122(95-31-17-6-18-32-95)132-124(136-126)112-72-105(83-25-11-3-12-26-83)67-106(73-112)84-27-13-4-14-28-84/h1-80H. The highest BCUT2D eigenvalue weighted by molar-refractivity contribution is 5.94. The lowest BCUT2D eigenvalue weighted by Crippen LogP contribution is -2.01. The number of fused-ring (bicyclic) bond motifs is 4. The van der Waals surface area contributed by atoms with E-state index in [0.717, 1.165) is 222 Å². The Bertz CT molecular complexity index is 8020. The van der Waals surface area contributed by atoms with Gasteiger partial charge in [0, 0.05) is 79.1 Å². The fourth-order valence-corrected chi connectivity index (χ4v) is 18.4. The SMILES string of the molecule is c1ccc(-c2cc(-c3ccccc3)cc(-c3nc(-c4ccccc4)nc(-c4cc(-c5ccc(-c6ccc7ncccc7c6)cc5)cc(-c5ccc(-c6ccc7nc(-c8cnc9cc(-c%10ccc(-c%11cc(-c%12ccc(-c%13ccc%14cccnc%14c%13)cc%12)cc(-c%12nc(-c%13ccccc%13)nc(-c%13cc(-c%14ccccc%14)cc(-c%14ccccc%14)c%13)n%12)c%11)cc%10)ccc9c8)ccc7c6)cc5)c4)n3)c2)cc1. The van der Waals surface area contributed by atoms with Gasteiger partial charge in [-0.2, -0.15) is 0 Å². The molecule has 0 fully saturated rings. The van der Waals surface area contributed by atoms with Gasteiger partial charge in [0.15, 0.2) is 34.9 Å². The molecule has 0 radical (unpaired) electrons. The summed E-state index contributed by atoms with van der Waals surface area (Å²) in [6, 6.07) is 165. The lowest BCUT2D eigenvalue weighted by atomic mass is 9.93. The summed E-state index contributed by atoms with van der Waals surface area (Å²) in [5.74, 6) is 3.44. The molecule has 24 aromatic rings. The van der Waals surface area contributed by atoms with Gasteiger partial charge in [0.05, 0.1) is 27.8 Å². The predicted molar refractivity (Wildman–Crippen MR) is 558 cm³/mol. The molecule has 18 aromatic carbocycles. The van der Waals surface area contributed by atoms with Crippen LogP contribution in [0.2, 0.25) is 0 Å². The van der Waals surface area contributed by atoms with E-state index in [2.05, 4.69) is 429 Å². The van der Waals surface area contributed by atoms with E-state index in [1.54, 1.807) is 0 Å². The third-order valence-electron chi connectivity index (χ3n) is 25.6. The molecule has 0 aliphatic carbocycles. The number of benzene rings is 18. The van der Waals surface area contributed by atoms with E-state index in [0.29, 0.717) is 34.9 Å². The molecule has 0 saturated heterocycles. The number of pyridine rings is 4. The minimum absolute atomic E-state index is 0.560. The summed E-state index contributed by atoms with van der Waals surface area (Å²) in [7, 11) is 0.